The molecule has 3 rings (SSSR count). The molecular formula is C19H17FN2O2. The number of halogens is 1. The summed E-state index contributed by atoms with van der Waals surface area (Å²) >= 11 is 0. The first kappa shape index (κ1) is 15.9. The van der Waals surface area contributed by atoms with Crippen molar-refractivity contribution in [1.82, 2.24) is 4.57 Å². The number of hydrogen-bond donors (Lipinski definition) is 1. The predicted octanol–water partition coefficient (Wildman–Crippen LogP) is 3.55. The van der Waals surface area contributed by atoms with Gasteiger partial charge in [-0.15, -0.1) is 0 Å². The average molecular weight is 324 g/mol. The average Bonchev–Trinajstić information content (AvgIpc) is 2.49. The van der Waals surface area contributed by atoms with Gasteiger partial charge in [0.1, 0.15) is 11.4 Å². The van der Waals surface area contributed by atoms with E-state index >= 15 is 0 Å². The first-order valence-corrected chi connectivity index (χ1v) is 7.54. The van der Waals surface area contributed by atoms with Crippen molar-refractivity contribution in [3.63, 3.8) is 0 Å². The summed E-state index contributed by atoms with van der Waals surface area (Å²) in [7, 11) is 1.72. The van der Waals surface area contributed by atoms with E-state index in [1.807, 2.05) is 32.0 Å². The Labute approximate surface area is 138 Å². The predicted molar refractivity (Wildman–Crippen MR) is 93.0 cm³/mol. The van der Waals surface area contributed by atoms with Crippen LogP contribution in [0.25, 0.3) is 10.9 Å². The molecule has 0 aliphatic rings. The third-order valence-corrected chi connectivity index (χ3v) is 3.87. The number of carbonyl (C=O) groups is 1. The Hall–Kier alpha value is -2.95. The fraction of sp³-hybridized carbons (Fsp3) is 0.158. The molecular weight excluding hydrogens is 307 g/mol. The van der Waals surface area contributed by atoms with Crippen LogP contribution < -0.4 is 10.7 Å². The lowest BCUT2D eigenvalue weighted by atomic mass is 10.1. The molecule has 122 valence electrons. The lowest BCUT2D eigenvalue weighted by Gasteiger charge is -2.10. The number of rotatable bonds is 2. The molecule has 0 atom stereocenters. The Morgan fingerprint density at radius 2 is 1.75 bits per heavy atom. The number of aryl methyl sites for hydroxylation is 3. The quantitative estimate of drug-likeness (QED) is 0.784. The summed E-state index contributed by atoms with van der Waals surface area (Å²) in [5.74, 6) is -1.02. The maximum Gasteiger partial charge on any atom is 0.261 e. The Morgan fingerprint density at radius 3 is 2.42 bits per heavy atom. The Bertz CT molecular complexity index is 1000. The first-order valence-electron chi connectivity index (χ1n) is 7.54. The van der Waals surface area contributed by atoms with Crippen molar-refractivity contribution in [3.8, 4) is 0 Å². The van der Waals surface area contributed by atoms with Crippen molar-refractivity contribution < 1.29 is 9.18 Å². The number of fused-ring (bicyclic) bond motifs is 1. The molecule has 0 saturated carbocycles. The van der Waals surface area contributed by atoms with Crippen LogP contribution >= 0.6 is 0 Å². The van der Waals surface area contributed by atoms with Crippen molar-refractivity contribution >= 4 is 22.5 Å². The topological polar surface area (TPSA) is 51.1 Å². The van der Waals surface area contributed by atoms with E-state index in [0.717, 1.165) is 17.2 Å². The van der Waals surface area contributed by atoms with Gasteiger partial charge in [-0.2, -0.15) is 0 Å². The van der Waals surface area contributed by atoms with Gasteiger partial charge in [0, 0.05) is 24.3 Å². The Kier molecular flexibility index (Phi) is 3.93. The van der Waals surface area contributed by atoms with E-state index < -0.39 is 17.2 Å². The van der Waals surface area contributed by atoms with Crippen LogP contribution in [0.15, 0.2) is 47.4 Å². The molecule has 0 unspecified atom stereocenters. The Morgan fingerprint density at radius 1 is 1.08 bits per heavy atom. The number of hydrogen-bond acceptors (Lipinski definition) is 2. The van der Waals surface area contributed by atoms with Crippen LogP contribution in [0.4, 0.5) is 10.1 Å². The van der Waals surface area contributed by atoms with Gasteiger partial charge in [0.2, 0.25) is 5.43 Å². The third-order valence-electron chi connectivity index (χ3n) is 3.87. The molecule has 1 heterocycles. The summed E-state index contributed by atoms with van der Waals surface area (Å²) in [6.07, 6.45) is 1.47. The summed E-state index contributed by atoms with van der Waals surface area (Å²) in [6, 6.07) is 9.62. The van der Waals surface area contributed by atoms with E-state index in [0.29, 0.717) is 11.2 Å². The molecule has 5 heteroatoms. The van der Waals surface area contributed by atoms with Crippen molar-refractivity contribution in [1.29, 1.82) is 0 Å². The molecule has 0 aliphatic carbocycles. The van der Waals surface area contributed by atoms with Gasteiger partial charge in [-0.1, -0.05) is 6.07 Å². The van der Waals surface area contributed by atoms with Crippen LogP contribution in [0.3, 0.4) is 0 Å². The second-order valence-corrected chi connectivity index (χ2v) is 5.97. The molecule has 3 aromatic rings. The number of anilines is 1. The van der Waals surface area contributed by atoms with Gasteiger partial charge in [-0.05, 0) is 55.3 Å². The molecule has 0 radical (unpaired) electrons. The van der Waals surface area contributed by atoms with Gasteiger partial charge in [0.15, 0.2) is 0 Å². The third kappa shape index (κ3) is 2.93. The summed E-state index contributed by atoms with van der Waals surface area (Å²) in [4.78, 5) is 25.1. The molecule has 0 saturated heterocycles. The minimum Gasteiger partial charge on any atom is -0.350 e. The maximum absolute atomic E-state index is 13.5. The van der Waals surface area contributed by atoms with E-state index in [2.05, 4.69) is 5.32 Å². The van der Waals surface area contributed by atoms with E-state index in [1.165, 1.54) is 18.3 Å². The lowest BCUT2D eigenvalue weighted by molar-refractivity contribution is 0.102. The Balaban J connectivity index is 2.07. The minimum absolute atomic E-state index is 0.0187. The molecule has 0 fully saturated rings. The molecule has 4 nitrogen and oxygen atoms in total. The van der Waals surface area contributed by atoms with E-state index in [1.54, 1.807) is 11.6 Å². The molecule has 1 amide bonds. The van der Waals surface area contributed by atoms with Crippen LogP contribution in [0.2, 0.25) is 0 Å². The number of amides is 1. The summed E-state index contributed by atoms with van der Waals surface area (Å²) in [5, 5.41) is 2.93. The molecule has 0 spiro atoms. The van der Waals surface area contributed by atoms with Gasteiger partial charge >= 0.3 is 0 Å². The second kappa shape index (κ2) is 5.92. The molecule has 2 aromatic carbocycles. The van der Waals surface area contributed by atoms with Gasteiger partial charge in [0.05, 0.1) is 5.52 Å². The number of carbonyl (C=O) groups excluding carboxylic acids is 1. The van der Waals surface area contributed by atoms with Crippen LogP contribution in [0.5, 0.6) is 0 Å². The molecule has 1 aromatic heterocycles. The van der Waals surface area contributed by atoms with E-state index in [4.69, 9.17) is 0 Å². The van der Waals surface area contributed by atoms with Crippen LogP contribution in [0.1, 0.15) is 21.5 Å². The molecule has 0 bridgehead atoms. The largest absolute Gasteiger partial charge is 0.350 e. The van der Waals surface area contributed by atoms with Crippen LogP contribution in [-0.2, 0) is 7.05 Å². The first-order chi connectivity index (χ1) is 11.3. The monoisotopic (exact) mass is 324 g/mol. The smallest absolute Gasteiger partial charge is 0.261 e. The SMILES string of the molecule is Cc1cc(C)cc(NC(=O)c2cn(C)c3ccc(F)cc3c2=O)c1. The highest BCUT2D eigenvalue weighted by atomic mass is 19.1. The van der Waals surface area contributed by atoms with Crippen molar-refractivity contribution in [2.45, 2.75) is 13.8 Å². The number of nitrogens with one attached hydrogen (secondary N) is 1. The zero-order chi connectivity index (χ0) is 17.4. The maximum atomic E-state index is 13.5. The van der Waals surface area contributed by atoms with Gasteiger partial charge in [0.25, 0.3) is 5.91 Å². The van der Waals surface area contributed by atoms with E-state index in [-0.39, 0.29) is 10.9 Å². The number of pyridine rings is 1. The van der Waals surface area contributed by atoms with Gasteiger partial charge in [-0.25, -0.2) is 4.39 Å². The highest BCUT2D eigenvalue weighted by Gasteiger charge is 2.15. The van der Waals surface area contributed by atoms with Gasteiger partial charge in [-0.3, -0.25) is 9.59 Å². The molecule has 0 aliphatic heterocycles. The number of nitrogens with zero attached hydrogens (tertiary/aromatic N) is 1. The normalized spacial score (nSPS) is 10.8. The van der Waals surface area contributed by atoms with Gasteiger partial charge < -0.3 is 9.88 Å². The van der Waals surface area contributed by atoms with Crippen LogP contribution in [-0.4, -0.2) is 10.5 Å². The van der Waals surface area contributed by atoms with E-state index in [9.17, 15) is 14.0 Å². The number of aromatic nitrogens is 1. The summed E-state index contributed by atoms with van der Waals surface area (Å²) < 4.78 is 15.1. The fourth-order valence-electron chi connectivity index (χ4n) is 2.87. The van der Waals surface area contributed by atoms with Crippen molar-refractivity contribution in [2.75, 3.05) is 5.32 Å². The minimum atomic E-state index is -0.508. The summed E-state index contributed by atoms with van der Waals surface area (Å²) in [6.45, 7) is 3.86. The fourth-order valence-corrected chi connectivity index (χ4v) is 2.87. The highest BCUT2D eigenvalue weighted by molar-refractivity contribution is 6.05. The highest BCUT2D eigenvalue weighted by Crippen LogP contribution is 2.16. The molecule has 1 N–H and O–H groups in total. The second-order valence-electron chi connectivity index (χ2n) is 5.97. The van der Waals surface area contributed by atoms with Crippen molar-refractivity contribution in [2.24, 2.45) is 7.05 Å². The van der Waals surface area contributed by atoms with Crippen molar-refractivity contribution in [3.05, 3.63) is 75.3 Å². The lowest BCUT2D eigenvalue weighted by Crippen LogP contribution is -2.23. The molecule has 24 heavy (non-hydrogen) atoms. The zero-order valence-electron chi connectivity index (χ0n) is 13.7. The number of benzene rings is 2. The zero-order valence-corrected chi connectivity index (χ0v) is 13.7. The van der Waals surface area contributed by atoms with Crippen LogP contribution in [0, 0.1) is 19.7 Å². The summed E-state index contributed by atoms with van der Waals surface area (Å²) in [5.41, 5.74) is 2.72. The standard InChI is InChI=1S/C19H17FN2O2/c1-11-6-12(2)8-14(7-11)21-19(24)16-10-22(3)17-5-4-13(20)9-15(17)18(16)23/h4-10H,1-3H3,(H,21,24).